The monoisotopic (exact) mass is 306 g/mol. The Morgan fingerprint density at radius 1 is 1.17 bits per heavy atom. The van der Waals surface area contributed by atoms with E-state index in [1.165, 1.54) is 0 Å². The fourth-order valence-electron chi connectivity index (χ4n) is 2.63. The van der Waals surface area contributed by atoms with Gasteiger partial charge in [-0.25, -0.2) is 4.79 Å². The first-order valence-electron chi connectivity index (χ1n) is 7.34. The van der Waals surface area contributed by atoms with Crippen LogP contribution in [0, 0.1) is 0 Å². The van der Waals surface area contributed by atoms with Crippen molar-refractivity contribution in [2.75, 3.05) is 0 Å². The molecular weight excluding hydrogens is 292 g/mol. The molecule has 23 heavy (non-hydrogen) atoms. The molecule has 0 bridgehead atoms. The maximum atomic E-state index is 12.2. The van der Waals surface area contributed by atoms with Crippen LogP contribution in [-0.4, -0.2) is 16.1 Å². The number of amides is 1. The summed E-state index contributed by atoms with van der Waals surface area (Å²) in [4.78, 5) is 13.8. The van der Waals surface area contributed by atoms with Gasteiger partial charge in [-0.2, -0.15) is 0 Å². The number of para-hydroxylation sites is 1. The lowest BCUT2D eigenvalue weighted by atomic mass is 10.1. The fraction of sp³-hybridized carbons (Fsp3) is 0.111. The van der Waals surface area contributed by atoms with Crippen molar-refractivity contribution in [3.63, 3.8) is 0 Å². The number of ether oxygens (including phenoxy) is 1. The molecule has 114 valence electrons. The summed E-state index contributed by atoms with van der Waals surface area (Å²) in [5.74, 6) is 0. The zero-order valence-electron chi connectivity index (χ0n) is 12.3. The Morgan fingerprint density at radius 3 is 2.96 bits per heavy atom. The van der Waals surface area contributed by atoms with E-state index in [-0.39, 0.29) is 6.61 Å². The highest BCUT2D eigenvalue weighted by atomic mass is 16.6. The first-order chi connectivity index (χ1) is 11.3. The van der Waals surface area contributed by atoms with E-state index in [2.05, 4.69) is 5.16 Å². The number of carbonyl (C=O) groups is 1. The second-order valence-electron chi connectivity index (χ2n) is 5.32. The van der Waals surface area contributed by atoms with Crippen LogP contribution >= 0.6 is 0 Å². The molecule has 0 fully saturated rings. The third-order valence-electron chi connectivity index (χ3n) is 3.85. The summed E-state index contributed by atoms with van der Waals surface area (Å²) < 4.78 is 10.6. The lowest BCUT2D eigenvalue weighted by molar-refractivity contribution is 0.107. The van der Waals surface area contributed by atoms with Gasteiger partial charge >= 0.3 is 6.09 Å². The van der Waals surface area contributed by atoms with Gasteiger partial charge in [-0.3, -0.25) is 4.90 Å². The summed E-state index contributed by atoms with van der Waals surface area (Å²) in [6.07, 6.45) is 3.25. The van der Waals surface area contributed by atoms with E-state index in [1.54, 1.807) is 11.1 Å². The van der Waals surface area contributed by atoms with E-state index in [0.717, 1.165) is 16.5 Å². The predicted octanol–water partition coefficient (Wildman–Crippen LogP) is 3.95. The van der Waals surface area contributed by atoms with E-state index in [4.69, 9.17) is 9.26 Å². The van der Waals surface area contributed by atoms with Crippen molar-refractivity contribution in [3.8, 4) is 0 Å². The summed E-state index contributed by atoms with van der Waals surface area (Å²) in [5.41, 5.74) is 3.53. The molecule has 5 heteroatoms. The number of fused-ring (bicyclic) bond motifs is 2. The van der Waals surface area contributed by atoms with Crippen LogP contribution in [0.15, 0.2) is 59.3 Å². The zero-order chi connectivity index (χ0) is 15.6. The van der Waals surface area contributed by atoms with Gasteiger partial charge in [0.2, 0.25) is 0 Å². The highest BCUT2D eigenvalue weighted by molar-refractivity contribution is 5.79. The van der Waals surface area contributed by atoms with Crippen LogP contribution in [-0.2, 0) is 17.9 Å². The number of benzene rings is 2. The first-order valence-corrected chi connectivity index (χ1v) is 7.34. The van der Waals surface area contributed by atoms with Gasteiger partial charge in [-0.15, -0.1) is 0 Å². The highest BCUT2D eigenvalue weighted by Gasteiger charge is 2.18. The average Bonchev–Trinajstić information content (AvgIpc) is 3.02. The van der Waals surface area contributed by atoms with Gasteiger partial charge in [0.15, 0.2) is 5.58 Å². The molecule has 0 saturated heterocycles. The lowest BCUT2D eigenvalue weighted by Crippen LogP contribution is -2.28. The van der Waals surface area contributed by atoms with Gasteiger partial charge in [0.1, 0.15) is 12.3 Å². The minimum atomic E-state index is -0.400. The quantitative estimate of drug-likeness (QED) is 0.719. The number of hydrogen-bond donors (Lipinski definition) is 0. The number of nitrogens with zero attached hydrogens (tertiary/aromatic N) is 2. The van der Waals surface area contributed by atoms with Crippen LogP contribution in [0.3, 0.4) is 0 Å². The molecule has 3 aromatic rings. The molecule has 1 aromatic heterocycles. The number of carbonyl (C=O) groups excluding carboxylic acids is 1. The molecule has 5 nitrogen and oxygen atoms in total. The van der Waals surface area contributed by atoms with Crippen molar-refractivity contribution in [3.05, 3.63) is 71.6 Å². The number of aromatic nitrogens is 1. The summed E-state index contributed by atoms with van der Waals surface area (Å²) in [6, 6.07) is 15.5. The van der Waals surface area contributed by atoms with E-state index in [0.29, 0.717) is 17.8 Å². The van der Waals surface area contributed by atoms with Gasteiger partial charge in [-0.1, -0.05) is 41.6 Å². The topological polar surface area (TPSA) is 55.6 Å². The molecule has 2 aromatic carbocycles. The average molecular weight is 306 g/mol. The molecule has 1 aliphatic rings. The SMILES string of the molecule is O=C(OCc1noc2ccccc12)N1C=Cc2ccccc2C1. The predicted molar refractivity (Wildman–Crippen MR) is 85.2 cm³/mol. The Hall–Kier alpha value is -3.08. The summed E-state index contributed by atoms with van der Waals surface area (Å²) in [5, 5.41) is 4.82. The van der Waals surface area contributed by atoms with Crippen molar-refractivity contribution in [2.45, 2.75) is 13.2 Å². The van der Waals surface area contributed by atoms with Crippen molar-refractivity contribution in [1.82, 2.24) is 10.1 Å². The maximum Gasteiger partial charge on any atom is 0.414 e. The van der Waals surface area contributed by atoms with Gasteiger partial charge in [0, 0.05) is 11.6 Å². The molecule has 1 amide bonds. The Morgan fingerprint density at radius 2 is 2.00 bits per heavy atom. The van der Waals surface area contributed by atoms with Crippen molar-refractivity contribution in [1.29, 1.82) is 0 Å². The van der Waals surface area contributed by atoms with E-state index >= 15 is 0 Å². The Bertz CT molecular complexity index is 898. The molecule has 0 spiro atoms. The summed E-state index contributed by atoms with van der Waals surface area (Å²) >= 11 is 0. The van der Waals surface area contributed by atoms with Gasteiger partial charge < -0.3 is 9.26 Å². The molecular formula is C18H14N2O3. The largest absolute Gasteiger partial charge is 0.442 e. The van der Waals surface area contributed by atoms with Gasteiger partial charge in [-0.05, 0) is 29.3 Å². The second kappa shape index (κ2) is 5.61. The molecule has 4 rings (SSSR count). The Balaban J connectivity index is 1.45. The smallest absolute Gasteiger partial charge is 0.414 e. The third-order valence-corrected chi connectivity index (χ3v) is 3.85. The standard InChI is InChI=1S/C18H14N2O3/c21-18(20-10-9-13-5-1-2-6-14(13)11-20)22-12-16-15-7-3-4-8-17(15)23-19-16/h1-10H,11-12H2. The van der Waals surface area contributed by atoms with Crippen molar-refractivity contribution >= 4 is 23.1 Å². The van der Waals surface area contributed by atoms with Crippen LogP contribution in [0.4, 0.5) is 4.79 Å². The summed E-state index contributed by atoms with van der Waals surface area (Å²) in [6.45, 7) is 0.590. The Kier molecular flexibility index (Phi) is 3.31. The minimum absolute atomic E-state index is 0.0852. The molecule has 1 aliphatic heterocycles. The molecule has 0 saturated carbocycles. The Labute approximate surface area is 132 Å². The molecule has 0 atom stereocenters. The normalized spacial score (nSPS) is 13.1. The highest BCUT2D eigenvalue weighted by Crippen LogP contribution is 2.21. The second-order valence-corrected chi connectivity index (χ2v) is 5.32. The van der Waals surface area contributed by atoms with Gasteiger partial charge in [0.25, 0.3) is 0 Å². The van der Waals surface area contributed by atoms with Crippen LogP contribution in [0.5, 0.6) is 0 Å². The molecule has 0 radical (unpaired) electrons. The van der Waals surface area contributed by atoms with E-state index < -0.39 is 6.09 Å². The maximum absolute atomic E-state index is 12.2. The number of rotatable bonds is 2. The molecule has 0 aliphatic carbocycles. The molecule has 2 heterocycles. The molecule has 0 N–H and O–H groups in total. The first kappa shape index (κ1) is 13.6. The van der Waals surface area contributed by atoms with Crippen LogP contribution in [0.1, 0.15) is 16.8 Å². The van der Waals surface area contributed by atoms with Crippen molar-refractivity contribution in [2.24, 2.45) is 0 Å². The molecule has 0 unspecified atom stereocenters. The number of hydrogen-bond acceptors (Lipinski definition) is 4. The fourth-order valence-corrected chi connectivity index (χ4v) is 2.63. The van der Waals surface area contributed by atoms with E-state index in [9.17, 15) is 4.79 Å². The minimum Gasteiger partial charge on any atom is -0.442 e. The summed E-state index contributed by atoms with van der Waals surface area (Å²) in [7, 11) is 0. The van der Waals surface area contributed by atoms with Gasteiger partial charge in [0.05, 0.1) is 6.54 Å². The van der Waals surface area contributed by atoms with Crippen LogP contribution in [0.2, 0.25) is 0 Å². The third kappa shape index (κ3) is 2.57. The van der Waals surface area contributed by atoms with E-state index in [1.807, 2.05) is 54.6 Å². The lowest BCUT2D eigenvalue weighted by Gasteiger charge is -2.22. The van der Waals surface area contributed by atoms with Crippen LogP contribution < -0.4 is 0 Å². The zero-order valence-corrected chi connectivity index (χ0v) is 12.3. The van der Waals surface area contributed by atoms with Crippen LogP contribution in [0.25, 0.3) is 17.0 Å². The van der Waals surface area contributed by atoms with Crippen molar-refractivity contribution < 1.29 is 14.1 Å².